The van der Waals surface area contributed by atoms with Crippen LogP contribution in [0.1, 0.15) is 30.1 Å². The molecule has 0 amide bonds. The van der Waals surface area contributed by atoms with Crippen molar-refractivity contribution >= 4 is 40.0 Å². The number of aromatic nitrogens is 3. The molecule has 1 N–H and O–H groups in total. The fraction of sp³-hybridized carbons (Fsp3) is 0.355. The highest BCUT2D eigenvalue weighted by Gasteiger charge is 2.41. The summed E-state index contributed by atoms with van der Waals surface area (Å²) in [6.45, 7) is 3.80. The molecule has 1 atom stereocenters. The average molecular weight is 625 g/mol. The molecule has 0 spiro atoms. The highest BCUT2D eigenvalue weighted by Crippen LogP contribution is 2.40. The van der Waals surface area contributed by atoms with E-state index in [0.29, 0.717) is 42.0 Å². The summed E-state index contributed by atoms with van der Waals surface area (Å²) in [5, 5.41) is 9.69. The molecular weight excluding hydrogens is 594 g/mol. The molecule has 13 heteroatoms. The third-order valence-corrected chi connectivity index (χ3v) is 8.86. The quantitative estimate of drug-likeness (QED) is 0.301. The van der Waals surface area contributed by atoms with Gasteiger partial charge in [0.05, 0.1) is 28.3 Å². The lowest BCUT2D eigenvalue weighted by molar-refractivity contribution is 0.0695. The summed E-state index contributed by atoms with van der Waals surface area (Å²) in [5.41, 5.74) is -2.69. The van der Waals surface area contributed by atoms with Gasteiger partial charge in [-0.3, -0.25) is 4.79 Å². The van der Waals surface area contributed by atoms with Crippen LogP contribution in [0.25, 0.3) is 16.6 Å². The summed E-state index contributed by atoms with van der Waals surface area (Å²) in [7, 11) is 4.03. The van der Waals surface area contributed by atoms with E-state index < -0.39 is 34.1 Å². The van der Waals surface area contributed by atoms with Crippen LogP contribution in [-0.4, -0.2) is 82.4 Å². The Hall–Kier alpha value is -4.29. The fourth-order valence-electron chi connectivity index (χ4n) is 5.94. The second kappa shape index (κ2) is 11.3. The molecule has 44 heavy (non-hydrogen) atoms. The van der Waals surface area contributed by atoms with Crippen LogP contribution in [0.2, 0.25) is 5.02 Å². The molecule has 2 saturated heterocycles. The molecule has 2 fully saturated rings. The van der Waals surface area contributed by atoms with Crippen molar-refractivity contribution in [3.63, 3.8) is 0 Å². The molecule has 230 valence electrons. The van der Waals surface area contributed by atoms with Gasteiger partial charge in [0.1, 0.15) is 34.5 Å². The maximum Gasteiger partial charge on any atom is 0.341 e. The zero-order valence-corrected chi connectivity index (χ0v) is 25.2. The molecule has 0 radical (unpaired) electrons. The van der Waals surface area contributed by atoms with Crippen LogP contribution < -0.4 is 20.0 Å². The van der Waals surface area contributed by atoms with Gasteiger partial charge in [0.25, 0.3) is 0 Å². The lowest BCUT2D eigenvalue weighted by Gasteiger charge is -2.43. The number of fused-ring (bicyclic) bond motifs is 1. The van der Waals surface area contributed by atoms with Gasteiger partial charge >= 0.3 is 5.97 Å². The Labute approximate surface area is 257 Å². The standard InChI is InChI=1S/C31H31ClF2N6O4/c1-31(17-44-29-22(32)6-4-10-35-29)9-5-11-40(31)27-23(33)12-20-26(25(27)34)39(16-21(28(20)41)30(42)43)18-7-8-24(36-13-18)38-14-19(15-38)37(2)3/h4,6-8,10,12-13,16,19H,5,9,11,14-15,17H2,1-3H3,(H,42,43)/t31-/m1/s1. The van der Waals surface area contributed by atoms with Gasteiger partial charge in [-0.2, -0.15) is 0 Å². The number of carboxylic acids is 1. The summed E-state index contributed by atoms with van der Waals surface area (Å²) in [6, 6.07) is 8.05. The number of aromatic carboxylic acids is 1. The molecule has 1 aromatic carbocycles. The fourth-order valence-corrected chi connectivity index (χ4v) is 6.12. The minimum atomic E-state index is -1.51. The summed E-state index contributed by atoms with van der Waals surface area (Å²) in [4.78, 5) is 39.7. The molecule has 5 heterocycles. The molecule has 3 aromatic heterocycles. The molecule has 2 aliphatic rings. The molecule has 10 nitrogen and oxygen atoms in total. The van der Waals surface area contributed by atoms with E-state index in [0.717, 1.165) is 25.4 Å². The maximum absolute atomic E-state index is 16.7. The Kier molecular flexibility index (Phi) is 7.66. The van der Waals surface area contributed by atoms with Crippen LogP contribution in [0.4, 0.5) is 20.3 Å². The summed E-state index contributed by atoms with van der Waals surface area (Å²) < 4.78 is 39.7. The normalized spacial score (nSPS) is 18.7. The van der Waals surface area contributed by atoms with Crippen molar-refractivity contribution in [1.82, 2.24) is 19.4 Å². The van der Waals surface area contributed by atoms with Gasteiger partial charge < -0.3 is 29.1 Å². The first-order valence-corrected chi connectivity index (χ1v) is 14.6. The van der Waals surface area contributed by atoms with Gasteiger partial charge in [-0.1, -0.05) is 11.6 Å². The topological polar surface area (TPSA) is 104 Å². The van der Waals surface area contributed by atoms with Gasteiger partial charge in [0, 0.05) is 38.1 Å². The number of ether oxygens (including phenoxy) is 1. The number of rotatable bonds is 8. The lowest BCUT2D eigenvalue weighted by Crippen LogP contribution is -2.57. The van der Waals surface area contributed by atoms with Gasteiger partial charge in [0.15, 0.2) is 5.82 Å². The monoisotopic (exact) mass is 624 g/mol. The smallest absolute Gasteiger partial charge is 0.341 e. The van der Waals surface area contributed by atoms with E-state index in [9.17, 15) is 14.7 Å². The van der Waals surface area contributed by atoms with Crippen LogP contribution in [0.5, 0.6) is 5.88 Å². The van der Waals surface area contributed by atoms with Crippen LogP contribution in [0, 0.1) is 11.6 Å². The van der Waals surface area contributed by atoms with E-state index in [1.54, 1.807) is 29.2 Å². The Morgan fingerprint density at radius 3 is 2.66 bits per heavy atom. The van der Waals surface area contributed by atoms with Crippen LogP contribution in [0.15, 0.2) is 53.7 Å². The predicted octanol–water partition coefficient (Wildman–Crippen LogP) is 4.60. The van der Waals surface area contributed by atoms with Gasteiger partial charge in [-0.05, 0) is 64.2 Å². The van der Waals surface area contributed by atoms with Crippen LogP contribution in [0.3, 0.4) is 0 Å². The highest BCUT2D eigenvalue weighted by atomic mass is 35.5. The maximum atomic E-state index is 16.7. The number of likely N-dealkylation sites (N-methyl/N-ethyl adjacent to an activating group) is 1. The number of carbonyl (C=O) groups is 1. The van der Waals surface area contributed by atoms with Gasteiger partial charge in [-0.25, -0.2) is 23.5 Å². The number of pyridine rings is 3. The minimum absolute atomic E-state index is 0.0436. The number of halogens is 3. The average Bonchev–Trinajstić information content (AvgIpc) is 3.33. The minimum Gasteiger partial charge on any atom is -0.477 e. The van der Waals surface area contributed by atoms with Gasteiger partial charge in [0.2, 0.25) is 11.3 Å². The Morgan fingerprint density at radius 1 is 1.23 bits per heavy atom. The highest BCUT2D eigenvalue weighted by molar-refractivity contribution is 6.31. The third kappa shape index (κ3) is 5.11. The summed E-state index contributed by atoms with van der Waals surface area (Å²) in [5.74, 6) is -2.55. The van der Waals surface area contributed by atoms with Crippen LogP contribution in [-0.2, 0) is 0 Å². The van der Waals surface area contributed by atoms with Crippen molar-refractivity contribution < 1.29 is 23.4 Å². The van der Waals surface area contributed by atoms with E-state index >= 15 is 8.78 Å². The lowest BCUT2D eigenvalue weighted by atomic mass is 9.99. The molecule has 0 aliphatic carbocycles. The Balaban J connectivity index is 1.43. The summed E-state index contributed by atoms with van der Waals surface area (Å²) >= 11 is 6.20. The molecule has 6 rings (SSSR count). The van der Waals surface area contributed by atoms with Crippen molar-refractivity contribution in [1.29, 1.82) is 0 Å². The van der Waals surface area contributed by atoms with E-state index in [4.69, 9.17) is 16.3 Å². The second-order valence-electron chi connectivity index (χ2n) is 11.7. The van der Waals surface area contributed by atoms with E-state index in [1.807, 2.05) is 21.0 Å². The largest absolute Gasteiger partial charge is 0.477 e. The molecule has 0 unspecified atom stereocenters. The number of carboxylic acid groups (broad SMARTS) is 1. The van der Waals surface area contributed by atoms with Gasteiger partial charge in [-0.15, -0.1) is 0 Å². The number of nitrogens with zero attached hydrogens (tertiary/aromatic N) is 6. The van der Waals surface area contributed by atoms with Crippen molar-refractivity contribution in [3.8, 4) is 11.6 Å². The molecular formula is C31H31ClF2N6O4. The molecule has 4 aromatic rings. The van der Waals surface area contributed by atoms with E-state index in [-0.39, 0.29) is 29.1 Å². The third-order valence-electron chi connectivity index (χ3n) is 8.58. The zero-order valence-electron chi connectivity index (χ0n) is 24.4. The summed E-state index contributed by atoms with van der Waals surface area (Å²) in [6.07, 6.45) is 5.29. The first-order valence-electron chi connectivity index (χ1n) is 14.2. The number of hydrogen-bond acceptors (Lipinski definition) is 8. The Morgan fingerprint density at radius 2 is 2.00 bits per heavy atom. The second-order valence-corrected chi connectivity index (χ2v) is 12.1. The predicted molar refractivity (Wildman–Crippen MR) is 164 cm³/mol. The van der Waals surface area contributed by atoms with Crippen molar-refractivity contribution in [2.45, 2.75) is 31.3 Å². The number of anilines is 2. The molecule has 0 bridgehead atoms. The Bertz CT molecular complexity index is 1810. The molecule has 0 saturated carbocycles. The first kappa shape index (κ1) is 29.8. The van der Waals surface area contributed by atoms with E-state index in [1.165, 1.54) is 17.0 Å². The van der Waals surface area contributed by atoms with Crippen LogP contribution >= 0.6 is 11.6 Å². The van der Waals surface area contributed by atoms with E-state index in [2.05, 4.69) is 19.8 Å². The number of hydrogen-bond donors (Lipinski definition) is 1. The van der Waals surface area contributed by atoms with Crippen molar-refractivity contribution in [2.75, 3.05) is 50.1 Å². The molecule has 2 aliphatic heterocycles. The van der Waals surface area contributed by atoms with Crippen molar-refractivity contribution in [2.24, 2.45) is 0 Å². The zero-order chi connectivity index (χ0) is 31.3. The van der Waals surface area contributed by atoms with Crippen molar-refractivity contribution in [3.05, 3.63) is 81.4 Å². The SMILES string of the molecule is CN(C)C1CN(c2ccc(-n3cc(C(=O)O)c(=O)c4cc(F)c(N5CCC[C@]5(C)COc5ncccc5Cl)c(F)c43)cn2)C1. The first-order chi connectivity index (χ1) is 21.0. The number of benzene rings is 1.